The number of H-pyrrole nitrogens is 1. The summed E-state index contributed by atoms with van der Waals surface area (Å²) in [7, 11) is 0. The maximum Gasteiger partial charge on any atom is 0.410 e. The molecule has 2 atom stereocenters. The minimum Gasteiger partial charge on any atom is -0.445 e. The molecule has 0 bridgehead atoms. The van der Waals surface area contributed by atoms with Gasteiger partial charge in [0.1, 0.15) is 12.2 Å². The number of nitrogens with one attached hydrogen (secondary N) is 1. The fraction of sp³-hybridized carbons (Fsp3) is 0.455. The summed E-state index contributed by atoms with van der Waals surface area (Å²) in [5, 5.41) is 6.69. The highest BCUT2D eigenvalue weighted by Crippen LogP contribution is 2.37. The Balaban J connectivity index is 1.56. The van der Waals surface area contributed by atoms with E-state index in [9.17, 15) is 14.4 Å². The number of nitrogens with zero attached hydrogens (tertiary/aromatic N) is 3. The number of likely N-dealkylation sites (tertiary alicyclic amines) is 1. The third-order valence-corrected chi connectivity index (χ3v) is 5.39. The lowest BCUT2D eigenvalue weighted by molar-refractivity contribution is 0.0271. The van der Waals surface area contributed by atoms with Crippen molar-refractivity contribution in [3.63, 3.8) is 0 Å². The molecule has 1 aromatic carbocycles. The molecule has 2 unspecified atom stereocenters. The van der Waals surface area contributed by atoms with Crippen LogP contribution in [0.5, 0.6) is 0 Å². The molecule has 2 aromatic rings. The van der Waals surface area contributed by atoms with Crippen LogP contribution in [-0.2, 0) is 22.6 Å². The average molecular weight is 426 g/mol. The molecular formula is C22H26N4O5. The van der Waals surface area contributed by atoms with Gasteiger partial charge in [0, 0.05) is 30.6 Å². The summed E-state index contributed by atoms with van der Waals surface area (Å²) >= 11 is 0. The van der Waals surface area contributed by atoms with Gasteiger partial charge in [0.2, 0.25) is 0 Å². The molecule has 1 saturated heterocycles. The number of hydrogen-bond donors (Lipinski definition) is 1. The van der Waals surface area contributed by atoms with E-state index in [0.717, 1.165) is 5.56 Å². The lowest BCUT2D eigenvalue weighted by Crippen LogP contribution is -2.48. The second-order valence-electron chi connectivity index (χ2n) is 8.87. The number of benzene rings is 1. The maximum atomic E-state index is 13.0. The summed E-state index contributed by atoms with van der Waals surface area (Å²) in [5.41, 5.74) is 1.28. The molecule has 1 aromatic heterocycles. The molecule has 9 heteroatoms. The number of ether oxygens (including phenoxy) is 2. The smallest absolute Gasteiger partial charge is 0.410 e. The van der Waals surface area contributed by atoms with E-state index in [-0.39, 0.29) is 30.7 Å². The van der Waals surface area contributed by atoms with Crippen molar-refractivity contribution in [2.75, 3.05) is 13.1 Å². The Labute approximate surface area is 179 Å². The van der Waals surface area contributed by atoms with E-state index in [4.69, 9.17) is 9.47 Å². The number of carbonyl (C=O) groups excluding carboxylic acids is 2. The molecule has 3 heterocycles. The average Bonchev–Trinajstić information content (AvgIpc) is 3.16. The van der Waals surface area contributed by atoms with Crippen molar-refractivity contribution < 1.29 is 19.1 Å². The summed E-state index contributed by atoms with van der Waals surface area (Å²) < 4.78 is 11.1. The zero-order valence-corrected chi connectivity index (χ0v) is 17.8. The number of rotatable bonds is 2. The molecule has 0 radical (unpaired) electrons. The third-order valence-electron chi connectivity index (χ3n) is 5.39. The van der Waals surface area contributed by atoms with Gasteiger partial charge < -0.3 is 14.4 Å². The second-order valence-corrected chi connectivity index (χ2v) is 8.87. The van der Waals surface area contributed by atoms with Gasteiger partial charge in [0.15, 0.2) is 0 Å². The lowest BCUT2D eigenvalue weighted by atomic mass is 9.90. The minimum atomic E-state index is -0.624. The zero-order valence-electron chi connectivity index (χ0n) is 17.8. The Hall–Kier alpha value is -3.36. The van der Waals surface area contributed by atoms with Gasteiger partial charge >= 0.3 is 12.2 Å². The van der Waals surface area contributed by atoms with E-state index >= 15 is 0 Å². The van der Waals surface area contributed by atoms with Crippen LogP contribution >= 0.6 is 0 Å². The van der Waals surface area contributed by atoms with Crippen LogP contribution in [0, 0.1) is 0 Å². The first kappa shape index (κ1) is 20.9. The molecule has 0 saturated carbocycles. The van der Waals surface area contributed by atoms with Crippen molar-refractivity contribution in [1.82, 2.24) is 20.0 Å². The fourth-order valence-electron chi connectivity index (χ4n) is 4.05. The number of hydrogen-bond acceptors (Lipinski definition) is 6. The predicted octanol–water partition coefficient (Wildman–Crippen LogP) is 2.63. The quantitative estimate of drug-likeness (QED) is 0.792. The summed E-state index contributed by atoms with van der Waals surface area (Å²) in [6.07, 6.45) is -0.929. The van der Waals surface area contributed by atoms with Crippen LogP contribution in [0.3, 0.4) is 0 Å². The van der Waals surface area contributed by atoms with Gasteiger partial charge in [-0.2, -0.15) is 5.10 Å². The second kappa shape index (κ2) is 8.05. The molecule has 2 aliphatic rings. The molecule has 2 amide bonds. The first-order valence-electron chi connectivity index (χ1n) is 10.2. The van der Waals surface area contributed by atoms with E-state index in [1.165, 1.54) is 6.07 Å². The van der Waals surface area contributed by atoms with Crippen LogP contribution in [0.1, 0.15) is 43.5 Å². The highest BCUT2D eigenvalue weighted by Gasteiger charge is 2.47. The van der Waals surface area contributed by atoms with Gasteiger partial charge in [-0.1, -0.05) is 30.3 Å². The van der Waals surface area contributed by atoms with Crippen LogP contribution < -0.4 is 5.56 Å². The SMILES string of the molecule is CC(C)(C)OC(=O)N1CC2c3n[nH]c(=O)cc3CN(C(=O)OCc3ccccc3)C2C1. The van der Waals surface area contributed by atoms with Crippen LogP contribution in [0.25, 0.3) is 0 Å². The molecule has 0 spiro atoms. The van der Waals surface area contributed by atoms with E-state index in [1.807, 2.05) is 51.1 Å². The minimum absolute atomic E-state index is 0.143. The van der Waals surface area contributed by atoms with Crippen molar-refractivity contribution >= 4 is 12.2 Å². The molecule has 31 heavy (non-hydrogen) atoms. The Bertz CT molecular complexity index is 1030. The highest BCUT2D eigenvalue weighted by molar-refractivity contribution is 5.71. The van der Waals surface area contributed by atoms with Crippen molar-refractivity contribution in [3.05, 3.63) is 63.6 Å². The first-order valence-corrected chi connectivity index (χ1v) is 10.2. The van der Waals surface area contributed by atoms with Gasteiger partial charge in [-0.15, -0.1) is 0 Å². The van der Waals surface area contributed by atoms with Crippen LogP contribution in [-0.4, -0.2) is 56.9 Å². The standard InChI is InChI=1S/C22H26N4O5/c1-22(2,3)31-20(28)25-11-16-17(12-25)26(10-15-9-18(27)23-24-19(15)16)21(29)30-13-14-7-5-4-6-8-14/h4-9,16-17H,10-13H2,1-3H3,(H,23,27). The molecular weight excluding hydrogens is 400 g/mol. The number of fused-ring (bicyclic) bond motifs is 3. The van der Waals surface area contributed by atoms with Gasteiger partial charge in [0.25, 0.3) is 5.56 Å². The number of carbonyl (C=O) groups is 2. The number of aromatic amines is 1. The Kier molecular flexibility index (Phi) is 5.43. The molecule has 1 fully saturated rings. The molecule has 9 nitrogen and oxygen atoms in total. The monoisotopic (exact) mass is 426 g/mol. The Morgan fingerprint density at radius 1 is 1.16 bits per heavy atom. The predicted molar refractivity (Wildman–Crippen MR) is 111 cm³/mol. The summed E-state index contributed by atoms with van der Waals surface area (Å²) in [4.78, 5) is 40.6. The highest BCUT2D eigenvalue weighted by atomic mass is 16.6. The molecule has 4 rings (SSSR count). The third kappa shape index (κ3) is 4.55. The maximum absolute atomic E-state index is 13.0. The van der Waals surface area contributed by atoms with Crippen LogP contribution in [0.2, 0.25) is 0 Å². The fourth-order valence-corrected chi connectivity index (χ4v) is 4.05. The normalized spacial score (nSPS) is 20.1. The van der Waals surface area contributed by atoms with Crippen LogP contribution in [0.15, 0.2) is 41.2 Å². The van der Waals surface area contributed by atoms with E-state index in [2.05, 4.69) is 10.2 Å². The van der Waals surface area contributed by atoms with Gasteiger partial charge in [-0.05, 0) is 26.3 Å². The molecule has 1 N–H and O–H groups in total. The van der Waals surface area contributed by atoms with E-state index in [0.29, 0.717) is 24.3 Å². The first-order chi connectivity index (χ1) is 14.7. The Morgan fingerprint density at radius 2 is 1.90 bits per heavy atom. The zero-order chi connectivity index (χ0) is 22.2. The van der Waals surface area contributed by atoms with Crippen molar-refractivity contribution in [1.29, 1.82) is 0 Å². The largest absolute Gasteiger partial charge is 0.445 e. The molecule has 2 aliphatic heterocycles. The Morgan fingerprint density at radius 3 is 2.61 bits per heavy atom. The summed E-state index contributed by atoms with van der Waals surface area (Å²) in [6, 6.07) is 10.5. The van der Waals surface area contributed by atoms with Gasteiger partial charge in [-0.3, -0.25) is 9.69 Å². The van der Waals surface area contributed by atoms with E-state index in [1.54, 1.807) is 9.80 Å². The van der Waals surface area contributed by atoms with E-state index < -0.39 is 17.8 Å². The number of aromatic nitrogens is 2. The van der Waals surface area contributed by atoms with Crippen molar-refractivity contribution in [3.8, 4) is 0 Å². The summed E-state index contributed by atoms with van der Waals surface area (Å²) in [6.45, 7) is 6.41. The van der Waals surface area contributed by atoms with Crippen LogP contribution in [0.4, 0.5) is 9.59 Å². The number of amides is 2. The summed E-state index contributed by atoms with van der Waals surface area (Å²) in [5.74, 6) is -0.239. The van der Waals surface area contributed by atoms with Crippen molar-refractivity contribution in [2.24, 2.45) is 0 Å². The van der Waals surface area contributed by atoms with Crippen molar-refractivity contribution in [2.45, 2.75) is 51.5 Å². The topological polar surface area (TPSA) is 105 Å². The lowest BCUT2D eigenvalue weighted by Gasteiger charge is -2.36. The van der Waals surface area contributed by atoms with Gasteiger partial charge in [-0.25, -0.2) is 14.7 Å². The van der Waals surface area contributed by atoms with Gasteiger partial charge in [0.05, 0.1) is 18.3 Å². The molecule has 0 aliphatic carbocycles. The molecule has 164 valence electrons.